The van der Waals surface area contributed by atoms with Gasteiger partial charge in [0.05, 0.1) is 17.7 Å². The van der Waals surface area contributed by atoms with Gasteiger partial charge in [-0.25, -0.2) is 12.7 Å². The number of benzene rings is 1. The van der Waals surface area contributed by atoms with Crippen molar-refractivity contribution in [1.82, 2.24) is 20.5 Å². The van der Waals surface area contributed by atoms with Crippen molar-refractivity contribution in [1.29, 1.82) is 0 Å². The van der Waals surface area contributed by atoms with E-state index < -0.39 is 10.0 Å². The zero-order chi connectivity index (χ0) is 19.2. The molecule has 3 N–H and O–H groups in total. The van der Waals surface area contributed by atoms with E-state index in [9.17, 15) is 13.2 Å². The molecule has 1 aliphatic rings. The number of carbonyl (C=O) groups excluding carboxylic acids is 1. The number of piperidine rings is 1. The molecule has 0 aromatic heterocycles. The molecule has 0 spiro atoms. The zero-order valence-corrected chi connectivity index (χ0v) is 16.7. The summed E-state index contributed by atoms with van der Waals surface area (Å²) in [6, 6.07) is 9.82. The van der Waals surface area contributed by atoms with Gasteiger partial charge in [0, 0.05) is 13.1 Å². The molecule has 0 bridgehead atoms. The van der Waals surface area contributed by atoms with Gasteiger partial charge < -0.3 is 5.32 Å². The van der Waals surface area contributed by atoms with E-state index in [4.69, 9.17) is 12.2 Å². The molecule has 1 saturated heterocycles. The molecular weight excluding hydrogens is 372 g/mol. The molecular formula is C17H26N4O3S2. The number of carbonyl (C=O) groups is 1. The van der Waals surface area contributed by atoms with E-state index in [-0.39, 0.29) is 30.2 Å². The standard InChI is InChI=1S/C17H26N4O3S2/c1-3-26(23,24)21-11-7-10-15(12-21)16(22)19-20-17(25)18-13(2)14-8-5-4-6-9-14/h4-6,8-9,13,15H,3,7,10-12H2,1-2H3,(H,19,22)(H2,18,20,25)/t13-,15+/m0/s1. The molecule has 144 valence electrons. The molecule has 26 heavy (non-hydrogen) atoms. The first-order chi connectivity index (χ1) is 12.3. The van der Waals surface area contributed by atoms with Crippen LogP contribution in [0.5, 0.6) is 0 Å². The normalized spacial score (nSPS) is 19.4. The molecule has 1 aromatic rings. The van der Waals surface area contributed by atoms with Crippen molar-refractivity contribution in [3.8, 4) is 0 Å². The van der Waals surface area contributed by atoms with E-state index in [1.807, 2.05) is 37.3 Å². The maximum absolute atomic E-state index is 12.3. The minimum absolute atomic E-state index is 0.00651. The second kappa shape index (κ2) is 9.29. The Morgan fingerprint density at radius 2 is 2.00 bits per heavy atom. The largest absolute Gasteiger partial charge is 0.355 e. The van der Waals surface area contributed by atoms with Gasteiger partial charge in [0.15, 0.2) is 5.11 Å². The van der Waals surface area contributed by atoms with E-state index in [0.29, 0.717) is 24.5 Å². The van der Waals surface area contributed by atoms with Crippen molar-refractivity contribution in [3.05, 3.63) is 35.9 Å². The minimum Gasteiger partial charge on any atom is -0.355 e. The third-order valence-electron chi connectivity index (χ3n) is 4.46. The Kier molecular flexibility index (Phi) is 7.36. The second-order valence-electron chi connectivity index (χ2n) is 6.32. The third kappa shape index (κ3) is 5.65. The molecule has 7 nitrogen and oxygen atoms in total. The van der Waals surface area contributed by atoms with E-state index in [1.165, 1.54) is 4.31 Å². The van der Waals surface area contributed by atoms with Gasteiger partial charge in [-0.2, -0.15) is 0 Å². The summed E-state index contributed by atoms with van der Waals surface area (Å²) in [5.74, 6) is -0.588. The Morgan fingerprint density at radius 3 is 2.65 bits per heavy atom. The SMILES string of the molecule is CCS(=O)(=O)N1CCC[C@@H](C(=O)NNC(=S)N[C@@H](C)c2ccccc2)C1. The number of amides is 1. The van der Waals surface area contributed by atoms with Crippen LogP contribution in [0.15, 0.2) is 30.3 Å². The number of nitrogens with zero attached hydrogens (tertiary/aromatic N) is 1. The molecule has 0 saturated carbocycles. The van der Waals surface area contributed by atoms with E-state index in [0.717, 1.165) is 5.56 Å². The number of rotatable bonds is 5. The number of hydrogen-bond donors (Lipinski definition) is 3. The highest BCUT2D eigenvalue weighted by atomic mass is 32.2. The molecule has 1 heterocycles. The lowest BCUT2D eigenvalue weighted by atomic mass is 9.99. The molecule has 1 amide bonds. The maximum Gasteiger partial charge on any atom is 0.242 e. The number of hydrazine groups is 1. The molecule has 0 aliphatic carbocycles. The minimum atomic E-state index is -3.27. The molecule has 2 rings (SSSR count). The first-order valence-corrected chi connectivity index (χ1v) is 10.7. The van der Waals surface area contributed by atoms with E-state index in [1.54, 1.807) is 6.92 Å². The molecule has 1 aliphatic heterocycles. The highest BCUT2D eigenvalue weighted by Gasteiger charge is 2.31. The average Bonchev–Trinajstić information content (AvgIpc) is 2.66. The van der Waals surface area contributed by atoms with Crippen LogP contribution in [0.3, 0.4) is 0 Å². The van der Waals surface area contributed by atoms with Crippen molar-refractivity contribution in [3.63, 3.8) is 0 Å². The number of sulfonamides is 1. The van der Waals surface area contributed by atoms with Crippen LogP contribution in [-0.4, -0.2) is 42.6 Å². The monoisotopic (exact) mass is 398 g/mol. The van der Waals surface area contributed by atoms with Crippen LogP contribution in [0, 0.1) is 5.92 Å². The van der Waals surface area contributed by atoms with Crippen molar-refractivity contribution in [2.24, 2.45) is 5.92 Å². The Morgan fingerprint density at radius 1 is 1.31 bits per heavy atom. The lowest BCUT2D eigenvalue weighted by Gasteiger charge is -2.31. The van der Waals surface area contributed by atoms with Gasteiger partial charge in [-0.15, -0.1) is 0 Å². The summed E-state index contributed by atoms with van der Waals surface area (Å²) in [5, 5.41) is 3.40. The zero-order valence-electron chi connectivity index (χ0n) is 15.1. The van der Waals surface area contributed by atoms with Crippen LogP contribution in [0.25, 0.3) is 0 Å². The van der Waals surface area contributed by atoms with Crippen molar-refractivity contribution < 1.29 is 13.2 Å². The van der Waals surface area contributed by atoms with Crippen LogP contribution in [0.1, 0.15) is 38.3 Å². The molecule has 1 fully saturated rings. The number of thiocarbonyl (C=S) groups is 1. The number of hydrogen-bond acceptors (Lipinski definition) is 4. The van der Waals surface area contributed by atoms with Gasteiger partial charge in [0.2, 0.25) is 15.9 Å². The lowest BCUT2D eigenvalue weighted by molar-refractivity contribution is -0.126. The summed E-state index contributed by atoms with van der Waals surface area (Å²) in [7, 11) is -3.27. The smallest absolute Gasteiger partial charge is 0.242 e. The Balaban J connectivity index is 1.81. The van der Waals surface area contributed by atoms with Crippen molar-refractivity contribution >= 4 is 33.3 Å². The van der Waals surface area contributed by atoms with Gasteiger partial charge in [-0.05, 0) is 44.5 Å². The molecule has 9 heteroatoms. The van der Waals surface area contributed by atoms with Crippen molar-refractivity contribution in [2.75, 3.05) is 18.8 Å². The highest BCUT2D eigenvalue weighted by molar-refractivity contribution is 7.89. The van der Waals surface area contributed by atoms with Gasteiger partial charge in [0.25, 0.3) is 0 Å². The van der Waals surface area contributed by atoms with Gasteiger partial charge in [0.1, 0.15) is 0 Å². The topological polar surface area (TPSA) is 90.5 Å². The Hall–Kier alpha value is -1.71. The fourth-order valence-corrected chi connectivity index (χ4v) is 4.28. The van der Waals surface area contributed by atoms with Gasteiger partial charge in [-0.1, -0.05) is 30.3 Å². The summed E-state index contributed by atoms with van der Waals surface area (Å²) in [6.07, 6.45) is 1.33. The predicted octanol–water partition coefficient (Wildman–Crippen LogP) is 1.30. The summed E-state index contributed by atoms with van der Waals surface area (Å²) >= 11 is 5.21. The molecule has 1 aromatic carbocycles. The second-order valence-corrected chi connectivity index (χ2v) is 8.98. The van der Waals surface area contributed by atoms with Crippen molar-refractivity contribution in [2.45, 2.75) is 32.7 Å². The molecule has 0 unspecified atom stereocenters. The lowest BCUT2D eigenvalue weighted by Crippen LogP contribution is -2.52. The predicted molar refractivity (Wildman–Crippen MR) is 106 cm³/mol. The Labute approximate surface area is 160 Å². The maximum atomic E-state index is 12.3. The summed E-state index contributed by atoms with van der Waals surface area (Å²) < 4.78 is 25.4. The third-order valence-corrected chi connectivity index (χ3v) is 6.53. The van der Waals surface area contributed by atoms with E-state index in [2.05, 4.69) is 16.2 Å². The first kappa shape index (κ1) is 20.6. The van der Waals surface area contributed by atoms with Crippen LogP contribution in [-0.2, 0) is 14.8 Å². The fraction of sp³-hybridized carbons (Fsp3) is 0.529. The van der Waals surface area contributed by atoms with Crippen LogP contribution >= 0.6 is 12.2 Å². The quantitative estimate of drug-likeness (QED) is 0.512. The van der Waals surface area contributed by atoms with Gasteiger partial charge in [-0.3, -0.25) is 15.6 Å². The Bertz CT molecular complexity index is 725. The summed E-state index contributed by atoms with van der Waals surface area (Å²) in [6.45, 7) is 4.27. The highest BCUT2D eigenvalue weighted by Crippen LogP contribution is 2.19. The first-order valence-electron chi connectivity index (χ1n) is 8.72. The van der Waals surface area contributed by atoms with E-state index >= 15 is 0 Å². The number of nitrogens with one attached hydrogen (secondary N) is 3. The molecule has 0 radical (unpaired) electrons. The van der Waals surface area contributed by atoms with Crippen LogP contribution < -0.4 is 16.2 Å². The average molecular weight is 399 g/mol. The van der Waals surface area contributed by atoms with Crippen LogP contribution in [0.2, 0.25) is 0 Å². The summed E-state index contributed by atoms with van der Waals surface area (Å²) in [4.78, 5) is 12.3. The summed E-state index contributed by atoms with van der Waals surface area (Å²) in [5.41, 5.74) is 6.36. The van der Waals surface area contributed by atoms with Gasteiger partial charge >= 0.3 is 0 Å². The fourth-order valence-electron chi connectivity index (χ4n) is 2.87. The molecule has 2 atom stereocenters. The van der Waals surface area contributed by atoms with Crippen LogP contribution in [0.4, 0.5) is 0 Å².